The summed E-state index contributed by atoms with van der Waals surface area (Å²) in [6, 6.07) is 19.3. The Kier molecular flexibility index (Phi) is 3.61. The molecule has 3 rings (SSSR count). The minimum absolute atomic E-state index is 0.507. The van der Waals surface area contributed by atoms with Gasteiger partial charge in [-0.3, -0.25) is 0 Å². The Labute approximate surface area is 122 Å². The molecule has 0 amide bonds. The molecule has 1 aromatic heterocycles. The molecule has 0 unspecified atom stereocenters. The van der Waals surface area contributed by atoms with Crippen molar-refractivity contribution in [1.29, 1.82) is 0 Å². The number of nitrogens with zero attached hydrogens (tertiary/aromatic N) is 2. The van der Waals surface area contributed by atoms with Gasteiger partial charge >= 0.3 is 0 Å². The van der Waals surface area contributed by atoms with Gasteiger partial charge in [0, 0.05) is 17.2 Å². The number of para-hydroxylation sites is 2. The van der Waals surface area contributed by atoms with Crippen LogP contribution in [0.2, 0.25) is 5.02 Å². The molecule has 1 heterocycles. The molecule has 0 atom stereocenters. The summed E-state index contributed by atoms with van der Waals surface area (Å²) in [5, 5.41) is 4.82. The van der Waals surface area contributed by atoms with Crippen molar-refractivity contribution in [3.8, 4) is 17.2 Å². The van der Waals surface area contributed by atoms with E-state index < -0.39 is 0 Å². The Morgan fingerprint density at radius 3 is 2.20 bits per heavy atom. The number of hydrogen-bond acceptors (Lipinski definition) is 2. The van der Waals surface area contributed by atoms with E-state index in [4.69, 9.17) is 16.3 Å². The summed E-state index contributed by atoms with van der Waals surface area (Å²) in [5.41, 5.74) is 0.945. The van der Waals surface area contributed by atoms with Crippen LogP contribution in [0.4, 0.5) is 0 Å². The molecule has 4 heteroatoms. The summed E-state index contributed by atoms with van der Waals surface area (Å²) < 4.78 is 7.40. The normalized spacial score (nSPS) is 10.2. The number of benzene rings is 2. The molecule has 3 nitrogen and oxygen atoms in total. The second-order valence-corrected chi connectivity index (χ2v) is 4.59. The first-order valence-corrected chi connectivity index (χ1v) is 6.56. The smallest absolute Gasteiger partial charge is 0.238 e. The van der Waals surface area contributed by atoms with Gasteiger partial charge in [-0.1, -0.05) is 52.7 Å². The van der Waals surface area contributed by atoms with Crippen molar-refractivity contribution in [2.75, 3.05) is 0 Å². The lowest BCUT2D eigenvalue weighted by Crippen LogP contribution is -2.34. The molecule has 2 aromatic carbocycles. The molecule has 0 saturated carbocycles. The standard InChI is InChI=1S/C16H12ClN2O/c17-15-12-19(13-7-3-1-4-8-13)18-11-16(15)20-14-9-5-2-6-10-14/h1-12H/q+1. The van der Waals surface area contributed by atoms with Crippen LogP contribution in [0.5, 0.6) is 11.5 Å². The molecule has 20 heavy (non-hydrogen) atoms. The predicted molar refractivity (Wildman–Crippen MR) is 77.3 cm³/mol. The van der Waals surface area contributed by atoms with Crippen LogP contribution in [0.25, 0.3) is 5.69 Å². The quantitative estimate of drug-likeness (QED) is 0.683. The highest BCUT2D eigenvalue weighted by Gasteiger charge is 2.13. The molecule has 0 aliphatic carbocycles. The predicted octanol–water partition coefficient (Wildman–Crippen LogP) is 3.80. The lowest BCUT2D eigenvalue weighted by atomic mass is 10.3. The third-order valence-electron chi connectivity index (χ3n) is 2.76. The SMILES string of the molecule is Clc1c[n+](-c2ccccc2)ncc1Oc1ccccc1. The van der Waals surface area contributed by atoms with Gasteiger partial charge < -0.3 is 4.74 Å². The zero-order valence-corrected chi connectivity index (χ0v) is 11.4. The first kappa shape index (κ1) is 12.6. The molecule has 0 saturated heterocycles. The van der Waals surface area contributed by atoms with Gasteiger partial charge in [0.2, 0.25) is 11.9 Å². The molecular formula is C16H12ClN2O+. The van der Waals surface area contributed by atoms with Gasteiger partial charge in [-0.05, 0) is 12.1 Å². The second-order valence-electron chi connectivity index (χ2n) is 4.18. The third kappa shape index (κ3) is 2.78. The van der Waals surface area contributed by atoms with Gasteiger partial charge in [0.1, 0.15) is 11.9 Å². The van der Waals surface area contributed by atoms with Gasteiger partial charge in [-0.15, -0.1) is 0 Å². The summed E-state index contributed by atoms with van der Waals surface area (Å²) in [6.07, 6.45) is 3.34. The Morgan fingerprint density at radius 2 is 1.55 bits per heavy atom. The van der Waals surface area contributed by atoms with E-state index in [-0.39, 0.29) is 0 Å². The highest BCUT2D eigenvalue weighted by molar-refractivity contribution is 6.31. The van der Waals surface area contributed by atoms with E-state index in [1.807, 2.05) is 60.7 Å². The average molecular weight is 284 g/mol. The van der Waals surface area contributed by atoms with Gasteiger partial charge in [0.25, 0.3) is 0 Å². The summed E-state index contributed by atoms with van der Waals surface area (Å²) in [7, 11) is 0. The Hall–Kier alpha value is -2.39. The van der Waals surface area contributed by atoms with Gasteiger partial charge in [0.05, 0.1) is 0 Å². The fourth-order valence-electron chi connectivity index (χ4n) is 1.79. The third-order valence-corrected chi connectivity index (χ3v) is 3.05. The van der Waals surface area contributed by atoms with Gasteiger partial charge in [-0.2, -0.15) is 0 Å². The van der Waals surface area contributed by atoms with E-state index in [0.29, 0.717) is 10.8 Å². The fourth-order valence-corrected chi connectivity index (χ4v) is 1.97. The van der Waals surface area contributed by atoms with E-state index in [9.17, 15) is 0 Å². The van der Waals surface area contributed by atoms with Crippen LogP contribution in [0.1, 0.15) is 0 Å². The summed E-state index contributed by atoms with van der Waals surface area (Å²) in [4.78, 5) is 0. The lowest BCUT2D eigenvalue weighted by Gasteiger charge is -2.05. The lowest BCUT2D eigenvalue weighted by molar-refractivity contribution is -0.659. The van der Waals surface area contributed by atoms with E-state index in [0.717, 1.165) is 11.4 Å². The Morgan fingerprint density at radius 1 is 0.900 bits per heavy atom. The maximum Gasteiger partial charge on any atom is 0.238 e. The number of halogens is 1. The topological polar surface area (TPSA) is 26.0 Å². The van der Waals surface area contributed by atoms with Gasteiger partial charge in [0.15, 0.2) is 10.8 Å². The largest absolute Gasteiger partial charge is 0.454 e. The van der Waals surface area contributed by atoms with Crippen molar-refractivity contribution in [3.63, 3.8) is 0 Å². The van der Waals surface area contributed by atoms with Crippen LogP contribution in [-0.4, -0.2) is 5.10 Å². The van der Waals surface area contributed by atoms with E-state index in [1.165, 1.54) is 0 Å². The summed E-state index contributed by atoms with van der Waals surface area (Å²) in [6.45, 7) is 0. The van der Waals surface area contributed by atoms with Crippen molar-refractivity contribution in [1.82, 2.24) is 5.10 Å². The van der Waals surface area contributed by atoms with Crippen LogP contribution < -0.4 is 9.42 Å². The first-order chi connectivity index (χ1) is 9.83. The molecule has 0 fully saturated rings. The summed E-state index contributed by atoms with van der Waals surface area (Å²) in [5.74, 6) is 1.26. The Balaban J connectivity index is 1.89. The highest BCUT2D eigenvalue weighted by atomic mass is 35.5. The molecular weight excluding hydrogens is 272 g/mol. The van der Waals surface area contributed by atoms with Crippen molar-refractivity contribution < 1.29 is 9.42 Å². The molecule has 0 aliphatic rings. The van der Waals surface area contributed by atoms with E-state index in [2.05, 4.69) is 5.10 Å². The molecule has 0 N–H and O–H groups in total. The van der Waals surface area contributed by atoms with Crippen molar-refractivity contribution >= 4 is 11.6 Å². The Bertz CT molecular complexity index is 702. The maximum atomic E-state index is 6.24. The van der Waals surface area contributed by atoms with Gasteiger partial charge in [-0.25, -0.2) is 0 Å². The molecule has 98 valence electrons. The average Bonchev–Trinajstić information content (AvgIpc) is 2.51. The molecule has 3 aromatic rings. The van der Waals surface area contributed by atoms with Crippen molar-refractivity contribution in [2.24, 2.45) is 0 Å². The summed E-state index contributed by atoms with van der Waals surface area (Å²) >= 11 is 6.24. The molecule has 0 bridgehead atoms. The van der Waals surface area contributed by atoms with Crippen molar-refractivity contribution in [3.05, 3.63) is 78.1 Å². The molecule has 0 aliphatic heterocycles. The van der Waals surface area contributed by atoms with Crippen LogP contribution in [0.15, 0.2) is 73.1 Å². The molecule has 0 radical (unpaired) electrons. The maximum absolute atomic E-state index is 6.24. The first-order valence-electron chi connectivity index (χ1n) is 6.19. The zero-order valence-electron chi connectivity index (χ0n) is 10.6. The van der Waals surface area contributed by atoms with Crippen LogP contribution in [0.3, 0.4) is 0 Å². The number of rotatable bonds is 3. The van der Waals surface area contributed by atoms with Crippen LogP contribution >= 0.6 is 11.6 Å². The second kappa shape index (κ2) is 5.72. The van der Waals surface area contributed by atoms with E-state index >= 15 is 0 Å². The number of aromatic nitrogens is 2. The minimum Gasteiger partial charge on any atom is -0.454 e. The number of ether oxygens (including phenoxy) is 1. The molecule has 0 spiro atoms. The highest BCUT2D eigenvalue weighted by Crippen LogP contribution is 2.26. The van der Waals surface area contributed by atoms with Crippen molar-refractivity contribution in [2.45, 2.75) is 0 Å². The van der Waals surface area contributed by atoms with E-state index in [1.54, 1.807) is 17.1 Å². The monoisotopic (exact) mass is 283 g/mol. The fraction of sp³-hybridized carbons (Fsp3) is 0. The minimum atomic E-state index is 0.507. The zero-order chi connectivity index (χ0) is 13.8. The number of hydrogen-bond donors (Lipinski definition) is 0. The van der Waals surface area contributed by atoms with Crippen LogP contribution in [0, 0.1) is 0 Å². The van der Waals surface area contributed by atoms with Crippen LogP contribution in [-0.2, 0) is 0 Å².